The molecule has 3 N–H and O–H groups in total. The van der Waals surface area contributed by atoms with Gasteiger partial charge in [-0.05, 0) is 25.3 Å². The molecule has 2 heterocycles. The monoisotopic (exact) mass is 236 g/mol. The van der Waals surface area contributed by atoms with E-state index >= 15 is 0 Å². The number of H-pyrrole nitrogens is 1. The van der Waals surface area contributed by atoms with Crippen LogP contribution in [0.4, 0.5) is 0 Å². The first-order chi connectivity index (χ1) is 8.25. The van der Waals surface area contributed by atoms with Crippen molar-refractivity contribution in [3.8, 4) is 0 Å². The van der Waals surface area contributed by atoms with Gasteiger partial charge in [-0.25, -0.2) is 4.98 Å². The van der Waals surface area contributed by atoms with Crippen LogP contribution < -0.4 is 10.6 Å². The van der Waals surface area contributed by atoms with Crippen LogP contribution in [0.3, 0.4) is 0 Å². The molecule has 1 fully saturated rings. The van der Waals surface area contributed by atoms with Crippen molar-refractivity contribution in [2.75, 3.05) is 13.1 Å². The zero-order valence-electron chi connectivity index (χ0n) is 10.2. The van der Waals surface area contributed by atoms with Gasteiger partial charge in [0.1, 0.15) is 0 Å². The summed E-state index contributed by atoms with van der Waals surface area (Å²) in [5.74, 6) is 0.760. The topological polar surface area (TPSA) is 69.8 Å². The van der Waals surface area contributed by atoms with E-state index < -0.39 is 0 Å². The fourth-order valence-corrected chi connectivity index (χ4v) is 2.17. The highest BCUT2D eigenvalue weighted by Gasteiger charge is 2.23. The Balaban J connectivity index is 1.70. The third-order valence-electron chi connectivity index (χ3n) is 3.23. The van der Waals surface area contributed by atoms with E-state index in [0.717, 1.165) is 31.5 Å². The summed E-state index contributed by atoms with van der Waals surface area (Å²) in [6, 6.07) is -0.0134. The lowest BCUT2D eigenvalue weighted by molar-refractivity contribution is -0.124. The number of nitrogens with zero attached hydrogens (tertiary/aromatic N) is 1. The van der Waals surface area contributed by atoms with Gasteiger partial charge < -0.3 is 15.6 Å². The molecule has 1 aromatic heterocycles. The normalized spacial score (nSPS) is 24.5. The largest absolute Gasteiger partial charge is 0.354 e. The maximum absolute atomic E-state index is 11.9. The van der Waals surface area contributed by atoms with Crippen molar-refractivity contribution in [1.29, 1.82) is 0 Å². The Kier molecular flexibility index (Phi) is 4.14. The minimum Gasteiger partial charge on any atom is -0.354 e. The smallest absolute Gasteiger partial charge is 0.237 e. The van der Waals surface area contributed by atoms with E-state index in [4.69, 9.17) is 0 Å². The zero-order valence-corrected chi connectivity index (χ0v) is 10.2. The average molecular weight is 236 g/mol. The number of aromatic amines is 1. The molecular formula is C12H20N4O. The Morgan fingerprint density at radius 2 is 2.53 bits per heavy atom. The maximum Gasteiger partial charge on any atom is 0.237 e. The molecule has 0 radical (unpaired) electrons. The van der Waals surface area contributed by atoms with Crippen LogP contribution in [0.5, 0.6) is 0 Å². The van der Waals surface area contributed by atoms with Crippen LogP contribution in [0.2, 0.25) is 0 Å². The van der Waals surface area contributed by atoms with E-state index in [1.165, 1.54) is 0 Å². The zero-order chi connectivity index (χ0) is 12.1. The van der Waals surface area contributed by atoms with Crippen molar-refractivity contribution < 1.29 is 4.79 Å². The van der Waals surface area contributed by atoms with E-state index in [0.29, 0.717) is 12.5 Å². The molecular weight excluding hydrogens is 216 g/mol. The second-order valence-electron chi connectivity index (χ2n) is 4.75. The molecule has 0 spiro atoms. The molecule has 1 amide bonds. The number of hydrogen-bond acceptors (Lipinski definition) is 3. The van der Waals surface area contributed by atoms with Crippen molar-refractivity contribution in [3.63, 3.8) is 0 Å². The SMILES string of the molecule is CC1CCNC(C(=O)NCCc2cnc[nH]2)C1. The molecule has 1 aromatic rings. The summed E-state index contributed by atoms with van der Waals surface area (Å²) in [4.78, 5) is 18.8. The van der Waals surface area contributed by atoms with Crippen molar-refractivity contribution in [2.45, 2.75) is 32.2 Å². The predicted octanol–water partition coefficient (Wildman–Crippen LogP) is 0.457. The summed E-state index contributed by atoms with van der Waals surface area (Å²) in [5.41, 5.74) is 1.05. The van der Waals surface area contributed by atoms with E-state index in [2.05, 4.69) is 27.5 Å². The van der Waals surface area contributed by atoms with Gasteiger partial charge in [0, 0.05) is 24.9 Å². The summed E-state index contributed by atoms with van der Waals surface area (Å²) < 4.78 is 0. The number of amides is 1. The molecule has 1 aliphatic rings. The molecule has 5 heteroatoms. The van der Waals surface area contributed by atoms with E-state index in [9.17, 15) is 4.79 Å². The van der Waals surface area contributed by atoms with Crippen LogP contribution in [0.15, 0.2) is 12.5 Å². The number of carbonyl (C=O) groups is 1. The Morgan fingerprint density at radius 1 is 1.65 bits per heavy atom. The lowest BCUT2D eigenvalue weighted by atomic mass is 9.94. The molecule has 0 bridgehead atoms. The number of nitrogens with one attached hydrogen (secondary N) is 3. The van der Waals surface area contributed by atoms with Gasteiger partial charge in [-0.15, -0.1) is 0 Å². The van der Waals surface area contributed by atoms with Crippen LogP contribution in [-0.4, -0.2) is 35.0 Å². The third-order valence-corrected chi connectivity index (χ3v) is 3.23. The van der Waals surface area contributed by atoms with Gasteiger partial charge in [0.15, 0.2) is 0 Å². The molecule has 0 saturated carbocycles. The Morgan fingerprint density at radius 3 is 3.24 bits per heavy atom. The van der Waals surface area contributed by atoms with Crippen molar-refractivity contribution in [1.82, 2.24) is 20.6 Å². The highest BCUT2D eigenvalue weighted by atomic mass is 16.2. The minimum atomic E-state index is -0.0134. The summed E-state index contributed by atoms with van der Waals surface area (Å²) in [7, 11) is 0. The quantitative estimate of drug-likeness (QED) is 0.711. The maximum atomic E-state index is 11.9. The molecule has 2 unspecified atom stereocenters. The van der Waals surface area contributed by atoms with E-state index in [1.807, 2.05) is 0 Å². The standard InChI is InChI=1S/C12H20N4O/c1-9-2-4-14-11(6-9)12(17)15-5-3-10-7-13-8-16-10/h7-9,11,14H,2-6H2,1H3,(H,13,16)(H,15,17). The number of carbonyl (C=O) groups excluding carboxylic acids is 1. The number of hydrogen-bond donors (Lipinski definition) is 3. The summed E-state index contributed by atoms with van der Waals surface area (Å²) in [6.07, 6.45) is 6.34. The minimum absolute atomic E-state index is 0.0134. The molecule has 0 aliphatic carbocycles. The van der Waals surface area contributed by atoms with Crippen molar-refractivity contribution >= 4 is 5.91 Å². The predicted molar refractivity (Wildman–Crippen MR) is 65.5 cm³/mol. The molecule has 94 valence electrons. The lowest BCUT2D eigenvalue weighted by Gasteiger charge is -2.27. The molecule has 17 heavy (non-hydrogen) atoms. The molecule has 5 nitrogen and oxygen atoms in total. The highest BCUT2D eigenvalue weighted by Crippen LogP contribution is 2.14. The Labute approximate surface area is 101 Å². The van der Waals surface area contributed by atoms with Gasteiger partial charge in [-0.2, -0.15) is 0 Å². The molecule has 1 aliphatic heterocycles. The summed E-state index contributed by atoms with van der Waals surface area (Å²) >= 11 is 0. The van der Waals surface area contributed by atoms with Gasteiger partial charge in [-0.3, -0.25) is 4.79 Å². The lowest BCUT2D eigenvalue weighted by Crippen LogP contribution is -2.48. The van der Waals surface area contributed by atoms with Crippen LogP contribution in [0.25, 0.3) is 0 Å². The third kappa shape index (κ3) is 3.56. The first-order valence-corrected chi connectivity index (χ1v) is 6.24. The van der Waals surface area contributed by atoms with Crippen LogP contribution >= 0.6 is 0 Å². The van der Waals surface area contributed by atoms with Gasteiger partial charge >= 0.3 is 0 Å². The molecule has 2 atom stereocenters. The highest BCUT2D eigenvalue weighted by molar-refractivity contribution is 5.81. The number of rotatable bonds is 4. The van der Waals surface area contributed by atoms with Crippen molar-refractivity contribution in [2.24, 2.45) is 5.92 Å². The average Bonchev–Trinajstić information content (AvgIpc) is 2.82. The number of imidazole rings is 1. The van der Waals surface area contributed by atoms with E-state index in [-0.39, 0.29) is 11.9 Å². The number of piperidine rings is 1. The van der Waals surface area contributed by atoms with Gasteiger partial charge in [0.2, 0.25) is 5.91 Å². The fraction of sp³-hybridized carbons (Fsp3) is 0.667. The first kappa shape index (κ1) is 12.1. The van der Waals surface area contributed by atoms with E-state index in [1.54, 1.807) is 12.5 Å². The van der Waals surface area contributed by atoms with Gasteiger partial charge in [0.05, 0.1) is 12.4 Å². The van der Waals surface area contributed by atoms with Crippen LogP contribution in [-0.2, 0) is 11.2 Å². The molecule has 2 rings (SSSR count). The summed E-state index contributed by atoms with van der Waals surface area (Å²) in [6.45, 7) is 3.80. The first-order valence-electron chi connectivity index (χ1n) is 6.24. The Bertz CT molecular complexity index is 349. The Hall–Kier alpha value is -1.36. The molecule has 0 aromatic carbocycles. The van der Waals surface area contributed by atoms with Gasteiger partial charge in [0.25, 0.3) is 0 Å². The second-order valence-corrected chi connectivity index (χ2v) is 4.75. The van der Waals surface area contributed by atoms with Gasteiger partial charge in [-0.1, -0.05) is 6.92 Å². The fourth-order valence-electron chi connectivity index (χ4n) is 2.17. The van der Waals surface area contributed by atoms with Crippen molar-refractivity contribution in [3.05, 3.63) is 18.2 Å². The second kappa shape index (κ2) is 5.82. The van der Waals surface area contributed by atoms with Crippen LogP contribution in [0.1, 0.15) is 25.5 Å². The molecule has 1 saturated heterocycles. The summed E-state index contributed by atoms with van der Waals surface area (Å²) in [5, 5.41) is 6.22. The van der Waals surface area contributed by atoms with Crippen LogP contribution in [0, 0.1) is 5.92 Å². The number of aromatic nitrogens is 2.